The third kappa shape index (κ3) is 5.42. The molecule has 136 valence electrons. The van der Waals surface area contributed by atoms with Crippen LogP contribution >= 0.6 is 46.6 Å². The molecule has 0 aliphatic carbocycles. The average molecular weight is 441 g/mol. The second kappa shape index (κ2) is 9.35. The zero-order chi connectivity index (χ0) is 18.4. The van der Waals surface area contributed by atoms with E-state index >= 15 is 0 Å². The summed E-state index contributed by atoms with van der Waals surface area (Å²) in [7, 11) is -2.32. The topological polar surface area (TPSA) is 55.4 Å². The number of sulfonamides is 1. The molecule has 0 unspecified atom stereocenters. The molecule has 0 aliphatic rings. The zero-order valence-corrected chi connectivity index (χ0v) is 17.2. The van der Waals surface area contributed by atoms with Crippen molar-refractivity contribution in [3.05, 3.63) is 57.0 Å². The maximum Gasteiger partial charge on any atom is 0.242 e. The molecule has 0 saturated carbocycles. The Kier molecular flexibility index (Phi) is 7.73. The van der Waals surface area contributed by atoms with Crippen LogP contribution in [0.4, 0.5) is 0 Å². The summed E-state index contributed by atoms with van der Waals surface area (Å²) in [5, 5.41) is 0.715. The van der Waals surface area contributed by atoms with Crippen LogP contribution in [0.3, 0.4) is 0 Å². The van der Waals surface area contributed by atoms with E-state index in [1.165, 1.54) is 19.2 Å². The van der Waals surface area contributed by atoms with Crippen molar-refractivity contribution in [3.63, 3.8) is 0 Å². The van der Waals surface area contributed by atoms with Crippen molar-refractivity contribution in [1.29, 1.82) is 0 Å². The molecular formula is C16H16Cl3NO3S2. The average Bonchev–Trinajstić information content (AvgIpc) is 2.58. The molecule has 0 amide bonds. The number of halogens is 3. The third-order valence-corrected chi connectivity index (χ3v) is 7.13. The van der Waals surface area contributed by atoms with Crippen LogP contribution in [0.1, 0.15) is 5.56 Å². The van der Waals surface area contributed by atoms with Gasteiger partial charge >= 0.3 is 0 Å². The molecule has 2 aromatic carbocycles. The minimum absolute atomic E-state index is 0.0581. The Labute approximate surface area is 166 Å². The Morgan fingerprint density at radius 3 is 2.48 bits per heavy atom. The largest absolute Gasteiger partial charge is 0.495 e. The van der Waals surface area contributed by atoms with Crippen LogP contribution in [-0.4, -0.2) is 27.8 Å². The molecule has 2 aromatic rings. The first kappa shape index (κ1) is 20.7. The smallest absolute Gasteiger partial charge is 0.242 e. The minimum Gasteiger partial charge on any atom is -0.495 e. The summed E-state index contributed by atoms with van der Waals surface area (Å²) in [6.45, 7) is 0.261. The van der Waals surface area contributed by atoms with Crippen molar-refractivity contribution in [2.45, 2.75) is 10.6 Å². The number of thioether (sulfide) groups is 1. The molecule has 25 heavy (non-hydrogen) atoms. The minimum atomic E-state index is -3.75. The van der Waals surface area contributed by atoms with Crippen molar-refractivity contribution >= 4 is 56.6 Å². The van der Waals surface area contributed by atoms with Crippen LogP contribution in [0.25, 0.3) is 0 Å². The molecule has 2 rings (SSSR count). The highest BCUT2D eigenvalue weighted by Gasteiger charge is 2.21. The molecule has 0 atom stereocenters. The first-order valence-corrected chi connectivity index (χ1v) is 11.0. The van der Waals surface area contributed by atoms with E-state index in [1.54, 1.807) is 11.8 Å². The van der Waals surface area contributed by atoms with E-state index in [4.69, 9.17) is 39.5 Å². The predicted octanol–water partition coefficient (Wildman–Crippen LogP) is 4.87. The Balaban J connectivity index is 1.92. The lowest BCUT2D eigenvalue weighted by atomic mass is 10.2. The number of rotatable bonds is 8. The molecule has 0 spiro atoms. The van der Waals surface area contributed by atoms with Gasteiger partial charge in [-0.3, -0.25) is 0 Å². The molecule has 0 radical (unpaired) electrons. The summed E-state index contributed by atoms with van der Waals surface area (Å²) in [4.78, 5) is -0.0731. The number of nitrogens with one attached hydrogen (secondary N) is 1. The van der Waals surface area contributed by atoms with Crippen LogP contribution in [0.5, 0.6) is 5.75 Å². The van der Waals surface area contributed by atoms with E-state index in [-0.39, 0.29) is 21.5 Å². The molecule has 0 saturated heterocycles. The first-order chi connectivity index (χ1) is 11.9. The standard InChI is InChI=1S/C16H16Cl3NO3S2/c1-23-13-6-7-14(16(19)15(13)18)25(21,22)20-8-9-24-10-11-4-2-3-5-12(11)17/h2-7,20H,8-10H2,1H3. The van der Waals surface area contributed by atoms with Gasteiger partial charge in [0.05, 0.1) is 12.1 Å². The molecule has 1 N–H and O–H groups in total. The fourth-order valence-corrected chi connectivity index (χ4v) is 5.15. The van der Waals surface area contributed by atoms with Crippen LogP contribution in [-0.2, 0) is 15.8 Å². The van der Waals surface area contributed by atoms with Crippen molar-refractivity contribution in [2.75, 3.05) is 19.4 Å². The van der Waals surface area contributed by atoms with Gasteiger partial charge in [-0.05, 0) is 23.8 Å². The highest BCUT2D eigenvalue weighted by atomic mass is 35.5. The fourth-order valence-electron chi connectivity index (χ4n) is 2.00. The third-order valence-electron chi connectivity index (χ3n) is 3.27. The first-order valence-electron chi connectivity index (χ1n) is 7.19. The van der Waals surface area contributed by atoms with E-state index in [2.05, 4.69) is 4.72 Å². The maximum absolute atomic E-state index is 12.4. The van der Waals surface area contributed by atoms with Crippen LogP contribution in [0, 0.1) is 0 Å². The van der Waals surface area contributed by atoms with Gasteiger partial charge in [-0.15, -0.1) is 0 Å². The van der Waals surface area contributed by atoms with Gasteiger partial charge in [0.15, 0.2) is 0 Å². The van der Waals surface area contributed by atoms with Crippen LogP contribution in [0.2, 0.25) is 15.1 Å². The Bertz CT molecular complexity index is 845. The van der Waals surface area contributed by atoms with E-state index in [0.717, 1.165) is 5.56 Å². The predicted molar refractivity (Wildman–Crippen MR) is 106 cm³/mol. The summed E-state index contributed by atoms with van der Waals surface area (Å²) in [6, 6.07) is 10.4. The maximum atomic E-state index is 12.4. The lowest BCUT2D eigenvalue weighted by Gasteiger charge is -2.11. The second-order valence-corrected chi connectivity index (χ2v) is 8.94. The lowest BCUT2D eigenvalue weighted by molar-refractivity contribution is 0.414. The van der Waals surface area contributed by atoms with E-state index in [1.807, 2.05) is 24.3 Å². The molecule has 0 heterocycles. The monoisotopic (exact) mass is 439 g/mol. The number of ether oxygens (including phenoxy) is 1. The molecule has 0 aromatic heterocycles. The number of benzene rings is 2. The summed E-state index contributed by atoms with van der Waals surface area (Å²) < 4.78 is 32.3. The number of hydrogen-bond acceptors (Lipinski definition) is 4. The summed E-state index contributed by atoms with van der Waals surface area (Å²) in [5.74, 6) is 1.61. The van der Waals surface area contributed by atoms with Gasteiger partial charge in [0.1, 0.15) is 15.7 Å². The van der Waals surface area contributed by atoms with Gasteiger partial charge in [-0.1, -0.05) is 53.0 Å². The molecule has 0 fully saturated rings. The summed E-state index contributed by atoms with van der Waals surface area (Å²) in [5.41, 5.74) is 1.02. The van der Waals surface area contributed by atoms with E-state index in [9.17, 15) is 8.42 Å². The number of hydrogen-bond donors (Lipinski definition) is 1. The molecule has 0 bridgehead atoms. The highest BCUT2D eigenvalue weighted by molar-refractivity contribution is 7.98. The quantitative estimate of drug-likeness (QED) is 0.595. The molecular weight excluding hydrogens is 425 g/mol. The van der Waals surface area contributed by atoms with E-state index in [0.29, 0.717) is 22.3 Å². The van der Waals surface area contributed by atoms with Gasteiger partial charge in [-0.2, -0.15) is 11.8 Å². The van der Waals surface area contributed by atoms with Crippen molar-refractivity contribution < 1.29 is 13.2 Å². The Morgan fingerprint density at radius 2 is 1.80 bits per heavy atom. The van der Waals surface area contributed by atoms with Gasteiger partial charge in [0.25, 0.3) is 0 Å². The SMILES string of the molecule is COc1ccc(S(=O)(=O)NCCSCc2ccccc2Cl)c(Cl)c1Cl. The van der Waals surface area contributed by atoms with Crippen LogP contribution < -0.4 is 9.46 Å². The van der Waals surface area contributed by atoms with Gasteiger partial charge in [0, 0.05) is 23.1 Å². The normalized spacial score (nSPS) is 11.5. The molecule has 9 heteroatoms. The summed E-state index contributed by atoms with van der Waals surface area (Å²) in [6.07, 6.45) is 0. The summed E-state index contributed by atoms with van der Waals surface area (Å²) >= 11 is 19.7. The zero-order valence-electron chi connectivity index (χ0n) is 13.3. The highest BCUT2D eigenvalue weighted by Crippen LogP contribution is 2.36. The van der Waals surface area contributed by atoms with Crippen molar-refractivity contribution in [3.8, 4) is 5.75 Å². The Hall–Kier alpha value is -0.630. The van der Waals surface area contributed by atoms with Gasteiger partial charge in [-0.25, -0.2) is 13.1 Å². The van der Waals surface area contributed by atoms with E-state index < -0.39 is 10.0 Å². The van der Waals surface area contributed by atoms with Crippen molar-refractivity contribution in [1.82, 2.24) is 4.72 Å². The number of methoxy groups -OCH3 is 1. The Morgan fingerprint density at radius 1 is 1.08 bits per heavy atom. The van der Waals surface area contributed by atoms with Crippen LogP contribution in [0.15, 0.2) is 41.3 Å². The fraction of sp³-hybridized carbons (Fsp3) is 0.250. The lowest BCUT2D eigenvalue weighted by Crippen LogP contribution is -2.26. The second-order valence-electron chi connectivity index (χ2n) is 4.94. The molecule has 0 aliphatic heterocycles. The van der Waals surface area contributed by atoms with Gasteiger partial charge in [0.2, 0.25) is 10.0 Å². The van der Waals surface area contributed by atoms with Crippen molar-refractivity contribution in [2.24, 2.45) is 0 Å². The van der Waals surface area contributed by atoms with Gasteiger partial charge < -0.3 is 4.74 Å². The molecule has 4 nitrogen and oxygen atoms in total.